The number of fused-ring (bicyclic) bond motifs is 1. The normalized spacial score (nSPS) is 18.1. The van der Waals surface area contributed by atoms with Crippen molar-refractivity contribution >= 4 is 39.2 Å². The third kappa shape index (κ3) is 2.47. The first kappa shape index (κ1) is 14.2. The summed E-state index contributed by atoms with van der Waals surface area (Å²) in [6.45, 7) is 1.90. The highest BCUT2D eigenvalue weighted by atomic mass is 79.9. The molecule has 110 valence electrons. The van der Waals surface area contributed by atoms with Gasteiger partial charge in [-0.05, 0) is 28.1 Å². The van der Waals surface area contributed by atoms with E-state index in [4.69, 9.17) is 4.74 Å². The Morgan fingerprint density at radius 1 is 1.24 bits per heavy atom. The number of morpholine rings is 1. The average molecular weight is 353 g/mol. The zero-order valence-corrected chi connectivity index (χ0v) is 12.8. The molecule has 2 amide bonds. The third-order valence-electron chi connectivity index (χ3n) is 3.60. The number of benzene rings is 1. The fourth-order valence-corrected chi connectivity index (χ4v) is 3.09. The fourth-order valence-electron chi connectivity index (χ4n) is 2.51. The van der Waals surface area contributed by atoms with E-state index >= 15 is 0 Å². The van der Waals surface area contributed by atoms with Gasteiger partial charge in [-0.15, -0.1) is 0 Å². The molecule has 0 spiro atoms. The van der Waals surface area contributed by atoms with Crippen LogP contribution in [0.4, 0.5) is 5.69 Å². The third-order valence-corrected chi connectivity index (χ3v) is 4.24. The highest BCUT2D eigenvalue weighted by Gasteiger charge is 2.38. The number of carbonyl (C=O) groups excluding carboxylic acids is 3. The number of anilines is 1. The second-order valence-corrected chi connectivity index (χ2v) is 5.70. The predicted octanol–water partition coefficient (Wildman–Crippen LogP) is 0.837. The maximum atomic E-state index is 12.3. The van der Waals surface area contributed by atoms with Crippen LogP contribution in [-0.2, 0) is 14.3 Å². The van der Waals surface area contributed by atoms with Crippen molar-refractivity contribution in [3.63, 3.8) is 0 Å². The van der Waals surface area contributed by atoms with Gasteiger partial charge in [0, 0.05) is 17.6 Å². The molecule has 1 fully saturated rings. The molecule has 0 radical (unpaired) electrons. The maximum Gasteiger partial charge on any atom is 0.299 e. The van der Waals surface area contributed by atoms with Crippen LogP contribution < -0.4 is 4.90 Å². The molecule has 0 aliphatic carbocycles. The van der Waals surface area contributed by atoms with Crippen molar-refractivity contribution in [3.8, 4) is 0 Å². The molecule has 0 atom stereocenters. The van der Waals surface area contributed by atoms with E-state index in [1.807, 2.05) is 0 Å². The lowest BCUT2D eigenvalue weighted by molar-refractivity contribution is -0.134. The smallest absolute Gasteiger partial charge is 0.299 e. The Labute approximate surface area is 129 Å². The van der Waals surface area contributed by atoms with Crippen molar-refractivity contribution in [2.45, 2.75) is 0 Å². The molecule has 3 rings (SSSR count). The van der Waals surface area contributed by atoms with Crippen LogP contribution in [0.5, 0.6) is 0 Å². The van der Waals surface area contributed by atoms with Gasteiger partial charge in [-0.1, -0.05) is 6.07 Å². The van der Waals surface area contributed by atoms with Gasteiger partial charge in [0.1, 0.15) is 6.54 Å². The summed E-state index contributed by atoms with van der Waals surface area (Å²) in [4.78, 5) is 39.2. The summed E-state index contributed by atoms with van der Waals surface area (Å²) < 4.78 is 5.83. The predicted molar refractivity (Wildman–Crippen MR) is 78.2 cm³/mol. The zero-order chi connectivity index (χ0) is 15.0. The number of hydrogen-bond acceptors (Lipinski definition) is 4. The number of ketones is 1. The number of nitrogens with zero attached hydrogens (tertiary/aromatic N) is 2. The largest absolute Gasteiger partial charge is 0.378 e. The van der Waals surface area contributed by atoms with Crippen LogP contribution in [0.3, 0.4) is 0 Å². The molecule has 2 aliphatic heterocycles. The highest BCUT2D eigenvalue weighted by molar-refractivity contribution is 9.10. The Bertz CT molecular complexity index is 625. The van der Waals surface area contributed by atoms with Gasteiger partial charge in [0.15, 0.2) is 0 Å². The monoisotopic (exact) mass is 352 g/mol. The van der Waals surface area contributed by atoms with E-state index in [2.05, 4.69) is 15.9 Å². The van der Waals surface area contributed by atoms with E-state index in [-0.39, 0.29) is 12.5 Å². The quantitative estimate of drug-likeness (QED) is 0.739. The molecule has 6 nitrogen and oxygen atoms in total. The van der Waals surface area contributed by atoms with Crippen molar-refractivity contribution in [3.05, 3.63) is 28.2 Å². The van der Waals surface area contributed by atoms with Gasteiger partial charge in [0.25, 0.3) is 11.7 Å². The topological polar surface area (TPSA) is 66.9 Å². The van der Waals surface area contributed by atoms with Crippen LogP contribution in [0, 0.1) is 0 Å². The van der Waals surface area contributed by atoms with Gasteiger partial charge in [-0.25, -0.2) is 0 Å². The number of amides is 2. The average Bonchev–Trinajstić information content (AvgIpc) is 2.74. The van der Waals surface area contributed by atoms with Crippen molar-refractivity contribution < 1.29 is 19.1 Å². The number of halogens is 1. The number of para-hydroxylation sites is 1. The molecule has 21 heavy (non-hydrogen) atoms. The number of rotatable bonds is 2. The van der Waals surface area contributed by atoms with Crippen LogP contribution in [-0.4, -0.2) is 55.3 Å². The minimum atomic E-state index is -0.654. The summed E-state index contributed by atoms with van der Waals surface area (Å²) in [5.74, 6) is -1.40. The molecule has 2 aliphatic rings. The van der Waals surface area contributed by atoms with E-state index in [1.165, 1.54) is 4.90 Å². The van der Waals surface area contributed by atoms with Gasteiger partial charge in [-0.2, -0.15) is 0 Å². The van der Waals surface area contributed by atoms with E-state index in [0.29, 0.717) is 42.0 Å². The van der Waals surface area contributed by atoms with E-state index in [0.717, 1.165) is 0 Å². The molecule has 1 aromatic carbocycles. The first-order valence-corrected chi connectivity index (χ1v) is 7.39. The minimum absolute atomic E-state index is 0.125. The lowest BCUT2D eigenvalue weighted by Crippen LogP contribution is -2.47. The Morgan fingerprint density at radius 3 is 2.67 bits per heavy atom. The van der Waals surface area contributed by atoms with Crippen LogP contribution in [0.15, 0.2) is 22.7 Å². The molecular formula is C14H13BrN2O4. The zero-order valence-electron chi connectivity index (χ0n) is 11.2. The summed E-state index contributed by atoms with van der Waals surface area (Å²) in [6, 6.07) is 5.04. The van der Waals surface area contributed by atoms with Crippen molar-refractivity contribution in [1.29, 1.82) is 0 Å². The standard InChI is InChI=1S/C14H13BrN2O4/c15-10-3-1-2-9-12(10)17(14(20)13(9)19)8-11(18)16-4-6-21-7-5-16/h1-3H,4-8H2. The SMILES string of the molecule is O=C1C(=O)N(CC(=O)N2CCOCC2)c2c(Br)cccc21. The molecule has 0 bridgehead atoms. The molecule has 0 unspecified atom stereocenters. The number of carbonyl (C=O) groups is 3. The lowest BCUT2D eigenvalue weighted by Gasteiger charge is -2.28. The molecule has 0 aromatic heterocycles. The summed E-state index contributed by atoms with van der Waals surface area (Å²) in [6.07, 6.45) is 0. The Balaban J connectivity index is 1.84. The maximum absolute atomic E-state index is 12.3. The number of ether oxygens (including phenoxy) is 1. The molecule has 7 heteroatoms. The Morgan fingerprint density at radius 2 is 1.95 bits per heavy atom. The first-order chi connectivity index (χ1) is 10.1. The van der Waals surface area contributed by atoms with E-state index in [9.17, 15) is 14.4 Å². The summed E-state index contributed by atoms with van der Waals surface area (Å²) in [5, 5.41) is 0. The fraction of sp³-hybridized carbons (Fsp3) is 0.357. The highest BCUT2D eigenvalue weighted by Crippen LogP contribution is 2.35. The summed E-state index contributed by atoms with van der Waals surface area (Å²) in [5.41, 5.74) is 0.818. The number of hydrogen-bond donors (Lipinski definition) is 0. The molecule has 1 saturated heterocycles. The lowest BCUT2D eigenvalue weighted by atomic mass is 10.1. The van der Waals surface area contributed by atoms with Crippen molar-refractivity contribution in [2.75, 3.05) is 37.7 Å². The van der Waals surface area contributed by atoms with Crippen LogP contribution in [0.1, 0.15) is 10.4 Å². The molecular weight excluding hydrogens is 340 g/mol. The van der Waals surface area contributed by atoms with Gasteiger partial charge in [0.05, 0.1) is 24.5 Å². The molecule has 0 saturated carbocycles. The van der Waals surface area contributed by atoms with E-state index < -0.39 is 11.7 Å². The Hall–Kier alpha value is -1.73. The van der Waals surface area contributed by atoms with Crippen LogP contribution in [0.25, 0.3) is 0 Å². The van der Waals surface area contributed by atoms with Crippen molar-refractivity contribution in [1.82, 2.24) is 4.90 Å². The summed E-state index contributed by atoms with van der Waals surface area (Å²) in [7, 11) is 0. The molecule has 0 N–H and O–H groups in total. The van der Waals surface area contributed by atoms with Crippen LogP contribution in [0.2, 0.25) is 0 Å². The second-order valence-electron chi connectivity index (χ2n) is 4.85. The van der Waals surface area contributed by atoms with Gasteiger partial charge in [0.2, 0.25) is 5.91 Å². The molecule has 2 heterocycles. The van der Waals surface area contributed by atoms with E-state index in [1.54, 1.807) is 23.1 Å². The number of Topliss-reactive ketones (excluding diaryl/α,β-unsaturated/α-hetero) is 1. The van der Waals surface area contributed by atoms with Gasteiger partial charge >= 0.3 is 0 Å². The van der Waals surface area contributed by atoms with Crippen LogP contribution >= 0.6 is 15.9 Å². The van der Waals surface area contributed by atoms with Gasteiger partial charge in [-0.3, -0.25) is 19.3 Å². The second kappa shape index (κ2) is 5.57. The van der Waals surface area contributed by atoms with Crippen molar-refractivity contribution in [2.24, 2.45) is 0 Å². The summed E-state index contributed by atoms with van der Waals surface area (Å²) >= 11 is 3.34. The minimum Gasteiger partial charge on any atom is -0.378 e. The molecule has 1 aromatic rings. The van der Waals surface area contributed by atoms with Gasteiger partial charge < -0.3 is 9.64 Å². The first-order valence-electron chi connectivity index (χ1n) is 6.60. The Kier molecular flexibility index (Phi) is 3.77.